The van der Waals surface area contributed by atoms with E-state index in [0.29, 0.717) is 12.2 Å². The van der Waals surface area contributed by atoms with Crippen LogP contribution in [-0.2, 0) is 4.74 Å². The lowest BCUT2D eigenvalue weighted by atomic mass is 10.0. The number of ether oxygens (including phenoxy) is 1. The molecule has 1 heterocycles. The molecule has 1 heteroatoms. The van der Waals surface area contributed by atoms with Gasteiger partial charge < -0.3 is 4.74 Å². The zero-order chi connectivity index (χ0) is 6.85. The van der Waals surface area contributed by atoms with Crippen molar-refractivity contribution >= 4 is 0 Å². The van der Waals surface area contributed by atoms with E-state index in [-0.39, 0.29) is 0 Å². The molecule has 0 N–H and O–H groups in total. The second kappa shape index (κ2) is 2.70. The molecule has 0 amide bonds. The van der Waals surface area contributed by atoms with Crippen LogP contribution in [0.1, 0.15) is 33.6 Å². The Kier molecular flexibility index (Phi) is 2.12. The third-order valence-corrected chi connectivity index (χ3v) is 2.15. The molecule has 1 rings (SSSR count). The maximum atomic E-state index is 5.62. The normalized spacial score (nSPS) is 43.7. The lowest BCUT2D eigenvalue weighted by Gasteiger charge is -2.10. The van der Waals surface area contributed by atoms with Gasteiger partial charge in [0.25, 0.3) is 0 Å². The fourth-order valence-corrected chi connectivity index (χ4v) is 1.66. The maximum absolute atomic E-state index is 5.62. The van der Waals surface area contributed by atoms with E-state index >= 15 is 0 Å². The molecule has 0 aromatic rings. The molecule has 1 nitrogen and oxygen atoms in total. The van der Waals surface area contributed by atoms with Crippen LogP contribution in [0.2, 0.25) is 0 Å². The van der Waals surface area contributed by atoms with Gasteiger partial charge in [-0.1, -0.05) is 13.8 Å². The van der Waals surface area contributed by atoms with Crippen LogP contribution < -0.4 is 0 Å². The summed E-state index contributed by atoms with van der Waals surface area (Å²) in [6, 6.07) is 0. The molecule has 0 aromatic heterocycles. The Balaban J connectivity index is 2.38. The lowest BCUT2D eigenvalue weighted by molar-refractivity contribution is 0.0438. The van der Waals surface area contributed by atoms with Crippen molar-refractivity contribution < 1.29 is 4.74 Å². The number of hydrogen-bond acceptors (Lipinski definition) is 1. The Bertz CT molecular complexity index is 90.6. The average molecular weight is 128 g/mol. The van der Waals surface area contributed by atoms with E-state index in [4.69, 9.17) is 4.74 Å². The molecule has 0 aromatic carbocycles. The Hall–Kier alpha value is -0.0400. The molecule has 1 aliphatic rings. The van der Waals surface area contributed by atoms with Crippen LogP contribution >= 0.6 is 0 Å². The molecule has 0 aliphatic carbocycles. The van der Waals surface area contributed by atoms with Gasteiger partial charge in [-0.25, -0.2) is 0 Å². The van der Waals surface area contributed by atoms with E-state index < -0.39 is 0 Å². The second-order valence-electron chi connectivity index (χ2n) is 3.11. The summed E-state index contributed by atoms with van der Waals surface area (Å²) in [5.41, 5.74) is 0. The Morgan fingerprint density at radius 2 is 2.11 bits per heavy atom. The molecule has 0 bridgehead atoms. The van der Waals surface area contributed by atoms with Gasteiger partial charge in [0.1, 0.15) is 0 Å². The zero-order valence-corrected chi connectivity index (χ0v) is 6.55. The second-order valence-corrected chi connectivity index (χ2v) is 3.11. The van der Waals surface area contributed by atoms with Crippen molar-refractivity contribution in [3.05, 3.63) is 0 Å². The minimum absolute atomic E-state index is 0.505. The molecule has 1 fully saturated rings. The van der Waals surface area contributed by atoms with E-state index in [2.05, 4.69) is 20.8 Å². The van der Waals surface area contributed by atoms with Gasteiger partial charge in [-0.05, 0) is 25.7 Å². The third kappa shape index (κ3) is 1.45. The first-order valence-corrected chi connectivity index (χ1v) is 3.89. The molecule has 0 radical (unpaired) electrons. The summed E-state index contributed by atoms with van der Waals surface area (Å²) < 4.78 is 5.62. The Labute approximate surface area is 57.4 Å². The molecule has 9 heavy (non-hydrogen) atoms. The summed E-state index contributed by atoms with van der Waals surface area (Å²) >= 11 is 0. The molecule has 1 aliphatic heterocycles. The van der Waals surface area contributed by atoms with Crippen molar-refractivity contribution in [3.63, 3.8) is 0 Å². The fourth-order valence-electron chi connectivity index (χ4n) is 1.66. The summed E-state index contributed by atoms with van der Waals surface area (Å²) in [6.07, 6.45) is 3.47. The number of rotatable bonds is 1. The molecule has 54 valence electrons. The van der Waals surface area contributed by atoms with Gasteiger partial charge in [0.2, 0.25) is 0 Å². The minimum atomic E-state index is 0.505. The first kappa shape index (κ1) is 7.07. The quantitative estimate of drug-likeness (QED) is 0.526. The van der Waals surface area contributed by atoms with Gasteiger partial charge in [-0.15, -0.1) is 0 Å². The predicted molar refractivity (Wildman–Crippen MR) is 38.4 cm³/mol. The highest BCUT2D eigenvalue weighted by atomic mass is 16.5. The SMILES string of the molecule is CCC1OC(C)CC1C. The van der Waals surface area contributed by atoms with E-state index in [9.17, 15) is 0 Å². The van der Waals surface area contributed by atoms with Crippen LogP contribution in [0.25, 0.3) is 0 Å². The highest BCUT2D eigenvalue weighted by molar-refractivity contribution is 4.75. The molecular weight excluding hydrogens is 112 g/mol. The van der Waals surface area contributed by atoms with Crippen LogP contribution in [0.5, 0.6) is 0 Å². The molecule has 3 atom stereocenters. The maximum Gasteiger partial charge on any atom is 0.0602 e. The Morgan fingerprint density at radius 3 is 2.33 bits per heavy atom. The zero-order valence-electron chi connectivity index (χ0n) is 6.55. The molecular formula is C8H16O. The molecule has 3 unspecified atom stereocenters. The topological polar surface area (TPSA) is 9.23 Å². The van der Waals surface area contributed by atoms with Gasteiger partial charge >= 0.3 is 0 Å². The van der Waals surface area contributed by atoms with E-state index in [1.165, 1.54) is 12.8 Å². The predicted octanol–water partition coefficient (Wildman–Crippen LogP) is 2.21. The smallest absolute Gasteiger partial charge is 0.0602 e. The van der Waals surface area contributed by atoms with Crippen LogP contribution in [0.15, 0.2) is 0 Å². The molecule has 1 saturated heterocycles. The number of hydrogen-bond donors (Lipinski definition) is 0. The Morgan fingerprint density at radius 1 is 1.44 bits per heavy atom. The lowest BCUT2D eigenvalue weighted by Crippen LogP contribution is -2.11. The van der Waals surface area contributed by atoms with Crippen molar-refractivity contribution in [2.24, 2.45) is 5.92 Å². The van der Waals surface area contributed by atoms with E-state index in [1.54, 1.807) is 0 Å². The van der Waals surface area contributed by atoms with Crippen LogP contribution in [-0.4, -0.2) is 12.2 Å². The van der Waals surface area contributed by atoms with Gasteiger partial charge in [-0.2, -0.15) is 0 Å². The fraction of sp³-hybridized carbons (Fsp3) is 1.00. The van der Waals surface area contributed by atoms with E-state index in [1.807, 2.05) is 0 Å². The molecule has 0 spiro atoms. The van der Waals surface area contributed by atoms with Crippen molar-refractivity contribution in [2.45, 2.75) is 45.8 Å². The van der Waals surface area contributed by atoms with Gasteiger partial charge in [-0.3, -0.25) is 0 Å². The van der Waals surface area contributed by atoms with Crippen molar-refractivity contribution in [3.8, 4) is 0 Å². The van der Waals surface area contributed by atoms with Crippen molar-refractivity contribution in [1.82, 2.24) is 0 Å². The van der Waals surface area contributed by atoms with E-state index in [0.717, 1.165) is 5.92 Å². The summed E-state index contributed by atoms with van der Waals surface area (Å²) in [5, 5.41) is 0. The first-order valence-electron chi connectivity index (χ1n) is 3.89. The van der Waals surface area contributed by atoms with Gasteiger partial charge in [0, 0.05) is 0 Å². The summed E-state index contributed by atoms with van der Waals surface area (Å²) in [4.78, 5) is 0. The highest BCUT2D eigenvalue weighted by Gasteiger charge is 2.27. The van der Waals surface area contributed by atoms with Gasteiger partial charge in [0.15, 0.2) is 0 Å². The van der Waals surface area contributed by atoms with Crippen molar-refractivity contribution in [1.29, 1.82) is 0 Å². The van der Waals surface area contributed by atoms with Crippen LogP contribution in [0, 0.1) is 5.92 Å². The van der Waals surface area contributed by atoms with Crippen LogP contribution in [0.4, 0.5) is 0 Å². The minimum Gasteiger partial charge on any atom is -0.375 e. The van der Waals surface area contributed by atoms with Crippen molar-refractivity contribution in [2.75, 3.05) is 0 Å². The first-order chi connectivity index (χ1) is 4.24. The summed E-state index contributed by atoms with van der Waals surface area (Å²) in [7, 11) is 0. The average Bonchev–Trinajstić information content (AvgIpc) is 2.10. The van der Waals surface area contributed by atoms with Gasteiger partial charge in [0.05, 0.1) is 12.2 Å². The third-order valence-electron chi connectivity index (χ3n) is 2.15. The standard InChI is InChI=1S/C8H16O/c1-4-8-6(2)5-7(3)9-8/h6-8H,4-5H2,1-3H3. The monoisotopic (exact) mass is 128 g/mol. The molecule has 0 saturated carbocycles. The largest absolute Gasteiger partial charge is 0.375 e. The summed E-state index contributed by atoms with van der Waals surface area (Å²) in [5.74, 6) is 0.782. The summed E-state index contributed by atoms with van der Waals surface area (Å²) in [6.45, 7) is 6.63. The highest BCUT2D eigenvalue weighted by Crippen LogP contribution is 2.27. The van der Waals surface area contributed by atoms with Crippen LogP contribution in [0.3, 0.4) is 0 Å².